The molecular weight excluding hydrogens is 331 g/mol. The quantitative estimate of drug-likeness (QED) is 0.728. The topological polar surface area (TPSA) is 43.2 Å². The Labute approximate surface area is 151 Å². The summed E-state index contributed by atoms with van der Waals surface area (Å²) in [4.78, 5) is 2.39. The van der Waals surface area contributed by atoms with Gasteiger partial charge in [0, 0.05) is 25.2 Å². The maximum Gasteiger partial charge on any atom is 0.123 e. The summed E-state index contributed by atoms with van der Waals surface area (Å²) in [5, 5.41) is 8.71. The van der Waals surface area contributed by atoms with Crippen LogP contribution in [0.5, 0.6) is 0 Å². The first-order chi connectivity index (χ1) is 12.8. The molecule has 1 aromatic heterocycles. The van der Waals surface area contributed by atoms with Gasteiger partial charge in [-0.25, -0.2) is 9.07 Å². The lowest BCUT2D eigenvalue weighted by Gasteiger charge is -2.26. The second-order valence-corrected chi connectivity index (χ2v) is 6.94. The summed E-state index contributed by atoms with van der Waals surface area (Å²) in [6.07, 6.45) is 0.119. The molecule has 3 heterocycles. The summed E-state index contributed by atoms with van der Waals surface area (Å²) in [6.45, 7) is 3.11. The van der Waals surface area contributed by atoms with Crippen molar-refractivity contribution in [1.29, 1.82) is 0 Å². The van der Waals surface area contributed by atoms with E-state index >= 15 is 0 Å². The van der Waals surface area contributed by atoms with E-state index in [-0.39, 0.29) is 18.0 Å². The molecule has 2 aliphatic rings. The molecule has 2 aliphatic heterocycles. The molecule has 5 rings (SSSR count). The van der Waals surface area contributed by atoms with E-state index in [1.807, 2.05) is 16.8 Å². The SMILES string of the molecule is Fc1cccc(-c2nnn3c2CO[C@H]2CN(Cc4ccccc4)C[C@H]23)c1. The van der Waals surface area contributed by atoms with E-state index in [1.165, 1.54) is 17.7 Å². The van der Waals surface area contributed by atoms with Crippen LogP contribution in [0.1, 0.15) is 17.3 Å². The molecule has 132 valence electrons. The lowest BCUT2D eigenvalue weighted by atomic mass is 10.1. The summed E-state index contributed by atoms with van der Waals surface area (Å²) < 4.78 is 21.7. The molecule has 3 aromatic rings. The van der Waals surface area contributed by atoms with E-state index in [4.69, 9.17) is 4.74 Å². The van der Waals surface area contributed by atoms with Crippen LogP contribution in [0.3, 0.4) is 0 Å². The van der Waals surface area contributed by atoms with Crippen molar-refractivity contribution in [1.82, 2.24) is 19.9 Å². The minimum Gasteiger partial charge on any atom is -0.368 e. The highest BCUT2D eigenvalue weighted by molar-refractivity contribution is 5.61. The monoisotopic (exact) mass is 350 g/mol. The fraction of sp³-hybridized carbons (Fsp3) is 0.300. The van der Waals surface area contributed by atoms with Crippen molar-refractivity contribution in [2.75, 3.05) is 13.1 Å². The summed E-state index contributed by atoms with van der Waals surface area (Å²) in [5.74, 6) is -0.270. The number of benzene rings is 2. The number of fused-ring (bicyclic) bond motifs is 3. The maximum atomic E-state index is 13.6. The van der Waals surface area contributed by atoms with Gasteiger partial charge in [0.25, 0.3) is 0 Å². The summed E-state index contributed by atoms with van der Waals surface area (Å²) >= 11 is 0. The number of aromatic nitrogens is 3. The summed E-state index contributed by atoms with van der Waals surface area (Å²) in [7, 11) is 0. The van der Waals surface area contributed by atoms with Gasteiger partial charge in [-0.3, -0.25) is 4.90 Å². The van der Waals surface area contributed by atoms with Crippen LogP contribution in [0.25, 0.3) is 11.3 Å². The number of hydrogen-bond acceptors (Lipinski definition) is 4. The van der Waals surface area contributed by atoms with Crippen LogP contribution in [0, 0.1) is 5.82 Å². The number of likely N-dealkylation sites (tertiary alicyclic amines) is 1. The fourth-order valence-corrected chi connectivity index (χ4v) is 3.96. The van der Waals surface area contributed by atoms with Gasteiger partial charge in [0.2, 0.25) is 0 Å². The number of ether oxygens (including phenoxy) is 1. The molecule has 0 unspecified atom stereocenters. The molecule has 0 aliphatic carbocycles. The van der Waals surface area contributed by atoms with E-state index in [1.54, 1.807) is 6.07 Å². The van der Waals surface area contributed by atoms with Crippen LogP contribution in [0.2, 0.25) is 0 Å². The molecule has 2 atom stereocenters. The predicted molar refractivity (Wildman–Crippen MR) is 94.7 cm³/mol. The van der Waals surface area contributed by atoms with Crippen molar-refractivity contribution in [3.8, 4) is 11.3 Å². The van der Waals surface area contributed by atoms with Crippen LogP contribution in [-0.4, -0.2) is 39.1 Å². The van der Waals surface area contributed by atoms with Crippen molar-refractivity contribution in [2.45, 2.75) is 25.3 Å². The molecule has 0 radical (unpaired) electrons. The Kier molecular flexibility index (Phi) is 3.80. The van der Waals surface area contributed by atoms with Crippen LogP contribution in [0.4, 0.5) is 4.39 Å². The van der Waals surface area contributed by atoms with E-state index < -0.39 is 0 Å². The van der Waals surface area contributed by atoms with Gasteiger partial charge in [-0.2, -0.15) is 0 Å². The van der Waals surface area contributed by atoms with Gasteiger partial charge in [-0.05, 0) is 17.7 Å². The lowest BCUT2D eigenvalue weighted by Crippen LogP contribution is -2.32. The van der Waals surface area contributed by atoms with Crippen molar-refractivity contribution in [3.05, 3.63) is 71.7 Å². The lowest BCUT2D eigenvalue weighted by molar-refractivity contribution is -0.00494. The first kappa shape index (κ1) is 15.7. The van der Waals surface area contributed by atoms with Crippen LogP contribution in [0.15, 0.2) is 54.6 Å². The Morgan fingerprint density at radius 3 is 2.81 bits per heavy atom. The van der Waals surface area contributed by atoms with Gasteiger partial charge in [0.1, 0.15) is 11.5 Å². The maximum absolute atomic E-state index is 13.6. The Morgan fingerprint density at radius 1 is 1.08 bits per heavy atom. The molecule has 0 N–H and O–H groups in total. The minimum absolute atomic E-state index is 0.119. The summed E-state index contributed by atoms with van der Waals surface area (Å²) in [6, 6.07) is 17.1. The van der Waals surface area contributed by atoms with Gasteiger partial charge in [-0.1, -0.05) is 47.7 Å². The molecule has 2 aromatic carbocycles. The highest BCUT2D eigenvalue weighted by Gasteiger charge is 2.40. The molecule has 5 nitrogen and oxygen atoms in total. The third-order valence-corrected chi connectivity index (χ3v) is 5.20. The number of rotatable bonds is 3. The first-order valence-electron chi connectivity index (χ1n) is 8.86. The number of hydrogen-bond donors (Lipinski definition) is 0. The third-order valence-electron chi connectivity index (χ3n) is 5.20. The molecule has 0 saturated carbocycles. The average molecular weight is 350 g/mol. The Hall–Kier alpha value is -2.57. The van der Waals surface area contributed by atoms with Crippen molar-refractivity contribution in [3.63, 3.8) is 0 Å². The van der Waals surface area contributed by atoms with Crippen LogP contribution < -0.4 is 0 Å². The molecule has 0 spiro atoms. The Morgan fingerprint density at radius 2 is 1.96 bits per heavy atom. The van der Waals surface area contributed by atoms with Crippen molar-refractivity contribution >= 4 is 0 Å². The first-order valence-corrected chi connectivity index (χ1v) is 8.86. The minimum atomic E-state index is -0.270. The third kappa shape index (κ3) is 2.71. The second-order valence-electron chi connectivity index (χ2n) is 6.94. The van der Waals surface area contributed by atoms with E-state index in [0.717, 1.165) is 30.9 Å². The molecule has 26 heavy (non-hydrogen) atoms. The second kappa shape index (κ2) is 6.30. The molecule has 1 fully saturated rings. The zero-order valence-electron chi connectivity index (χ0n) is 14.3. The molecule has 0 bridgehead atoms. The molecule has 6 heteroatoms. The number of nitrogens with zero attached hydrogens (tertiary/aromatic N) is 4. The molecule has 0 amide bonds. The Balaban J connectivity index is 1.40. The predicted octanol–water partition coefficient (Wildman–Crippen LogP) is 3.04. The van der Waals surface area contributed by atoms with Crippen molar-refractivity contribution in [2.24, 2.45) is 0 Å². The average Bonchev–Trinajstić information content (AvgIpc) is 3.25. The van der Waals surface area contributed by atoms with Gasteiger partial charge in [0.15, 0.2) is 0 Å². The van der Waals surface area contributed by atoms with E-state index in [2.05, 4.69) is 39.5 Å². The normalized spacial score (nSPS) is 22.2. The van der Waals surface area contributed by atoms with E-state index in [0.29, 0.717) is 12.3 Å². The molecule has 1 saturated heterocycles. The fourth-order valence-electron chi connectivity index (χ4n) is 3.96. The van der Waals surface area contributed by atoms with Crippen LogP contribution >= 0.6 is 0 Å². The Bertz CT molecular complexity index is 927. The zero-order valence-corrected chi connectivity index (χ0v) is 14.3. The standard InChI is InChI=1S/C20H19FN4O/c21-16-8-4-7-15(9-16)20-18-13-26-19-12-24(10-14-5-2-1-3-6-14)11-17(19)25(18)23-22-20/h1-9,17,19H,10-13H2/t17-,19+/m1/s1. The highest BCUT2D eigenvalue weighted by atomic mass is 19.1. The zero-order chi connectivity index (χ0) is 17.5. The summed E-state index contributed by atoms with van der Waals surface area (Å²) in [5.41, 5.74) is 3.68. The van der Waals surface area contributed by atoms with Crippen molar-refractivity contribution < 1.29 is 9.13 Å². The van der Waals surface area contributed by atoms with Gasteiger partial charge in [0.05, 0.1) is 24.4 Å². The van der Waals surface area contributed by atoms with Gasteiger partial charge >= 0.3 is 0 Å². The largest absolute Gasteiger partial charge is 0.368 e. The van der Waals surface area contributed by atoms with Gasteiger partial charge < -0.3 is 4.74 Å². The molecular formula is C20H19FN4O. The number of halogens is 1. The van der Waals surface area contributed by atoms with E-state index in [9.17, 15) is 4.39 Å². The smallest absolute Gasteiger partial charge is 0.123 e. The highest BCUT2D eigenvalue weighted by Crippen LogP contribution is 2.34. The van der Waals surface area contributed by atoms with Gasteiger partial charge in [-0.15, -0.1) is 5.10 Å². The van der Waals surface area contributed by atoms with Crippen LogP contribution in [-0.2, 0) is 17.9 Å².